The van der Waals surface area contributed by atoms with E-state index in [1.807, 2.05) is 0 Å². The van der Waals surface area contributed by atoms with Crippen molar-refractivity contribution in [2.24, 2.45) is 16.8 Å². The summed E-state index contributed by atoms with van der Waals surface area (Å²) in [4.78, 5) is 5.76. The minimum atomic E-state index is -4.63. The van der Waals surface area contributed by atoms with Crippen molar-refractivity contribution in [3.05, 3.63) is 29.7 Å². The van der Waals surface area contributed by atoms with Crippen molar-refractivity contribution in [1.82, 2.24) is 15.0 Å². The van der Waals surface area contributed by atoms with Crippen molar-refractivity contribution in [2.75, 3.05) is 19.8 Å². The molecule has 0 unspecified atom stereocenters. The molecule has 1 aliphatic rings. The fourth-order valence-corrected chi connectivity index (χ4v) is 4.25. The molecule has 3 rings (SSSR count). The van der Waals surface area contributed by atoms with Crippen molar-refractivity contribution in [3.63, 3.8) is 0 Å². The number of hydrogen-bond acceptors (Lipinski definition) is 7. The Morgan fingerprint density at radius 3 is 2.69 bits per heavy atom. The number of benzene rings is 1. The highest BCUT2D eigenvalue weighted by molar-refractivity contribution is 5.78. The number of aliphatic hydroxyl groups is 1. The van der Waals surface area contributed by atoms with Gasteiger partial charge in [0.2, 0.25) is 17.7 Å². The maximum absolute atomic E-state index is 13.8. The Balaban J connectivity index is 1.77. The predicted molar refractivity (Wildman–Crippen MR) is 122 cm³/mol. The molecule has 1 aromatic heterocycles. The fraction of sp³-hybridized carbons (Fsp3) is 0.609. The van der Waals surface area contributed by atoms with Gasteiger partial charge in [-0.05, 0) is 31.0 Å². The topological polar surface area (TPSA) is 130 Å². The third-order valence-electron chi connectivity index (χ3n) is 6.15. The molecule has 0 spiro atoms. The molecule has 4 N–H and O–H groups in total. The molecule has 0 saturated carbocycles. The van der Waals surface area contributed by atoms with E-state index >= 15 is 0 Å². The lowest BCUT2D eigenvalue weighted by Gasteiger charge is -2.24. The minimum absolute atomic E-state index is 0.0453. The summed E-state index contributed by atoms with van der Waals surface area (Å²) in [5.41, 5.74) is 4.91. The molecule has 0 bridgehead atoms. The molecule has 0 aliphatic carbocycles. The normalized spacial score (nSPS) is 18.9. The van der Waals surface area contributed by atoms with Gasteiger partial charge in [0.25, 0.3) is 0 Å². The predicted octanol–water partition coefficient (Wildman–Crippen LogP) is 4.55. The number of nitrogens with two attached hydrogens (primary N) is 1. The first-order valence-corrected chi connectivity index (χ1v) is 11.8. The number of ether oxygens (including phenoxy) is 1. The average molecular weight is 500 g/mol. The van der Waals surface area contributed by atoms with E-state index in [9.17, 15) is 18.3 Å². The van der Waals surface area contributed by atoms with Crippen molar-refractivity contribution < 1.29 is 32.7 Å². The van der Waals surface area contributed by atoms with Gasteiger partial charge in [-0.15, -0.1) is 0 Å². The number of alkyl halides is 3. The Kier molecular flexibility index (Phi) is 9.19. The first-order valence-electron chi connectivity index (χ1n) is 11.8. The Hall–Kier alpha value is -3.02. The van der Waals surface area contributed by atoms with E-state index in [2.05, 4.69) is 22.2 Å². The van der Waals surface area contributed by atoms with Crippen LogP contribution in [0.2, 0.25) is 0 Å². The van der Waals surface area contributed by atoms with Gasteiger partial charge in [0.15, 0.2) is 0 Å². The molecular weight excluding hydrogens is 467 g/mol. The molecule has 2 atom stereocenters. The van der Waals surface area contributed by atoms with E-state index in [-0.39, 0.29) is 48.1 Å². The van der Waals surface area contributed by atoms with Gasteiger partial charge < -0.3 is 30.2 Å². The van der Waals surface area contributed by atoms with Gasteiger partial charge in [-0.2, -0.15) is 18.2 Å². The second-order valence-corrected chi connectivity index (χ2v) is 8.61. The van der Waals surface area contributed by atoms with Crippen molar-refractivity contribution in [3.8, 4) is 17.1 Å². The Morgan fingerprint density at radius 2 is 2.00 bits per heavy atom. The van der Waals surface area contributed by atoms with Crippen molar-refractivity contribution in [2.45, 2.75) is 64.1 Å². The van der Waals surface area contributed by atoms with Crippen molar-refractivity contribution >= 4 is 5.96 Å². The number of halogens is 3. The molecule has 194 valence electrons. The molecule has 1 fully saturated rings. The lowest BCUT2D eigenvalue weighted by Crippen LogP contribution is -2.38. The molecule has 1 aromatic carbocycles. The summed E-state index contributed by atoms with van der Waals surface area (Å²) in [6.07, 6.45) is 1.92. The van der Waals surface area contributed by atoms with Gasteiger partial charge in [0.05, 0.1) is 12.2 Å². The van der Waals surface area contributed by atoms with Gasteiger partial charge >= 0.3 is 6.18 Å². The molecule has 0 amide bonds. The van der Waals surface area contributed by atoms with Gasteiger partial charge in [0.1, 0.15) is 11.8 Å². The number of aliphatic hydroxyl groups excluding tert-OH is 1. The second-order valence-electron chi connectivity index (χ2n) is 8.61. The lowest BCUT2D eigenvalue weighted by atomic mass is 10.0. The van der Waals surface area contributed by atoms with Crippen LogP contribution in [0.5, 0.6) is 5.75 Å². The van der Waals surface area contributed by atoms with Crippen LogP contribution in [-0.2, 0) is 6.18 Å². The third-order valence-corrected chi connectivity index (χ3v) is 6.15. The largest absolute Gasteiger partial charge is 0.493 e. The fourth-order valence-electron chi connectivity index (χ4n) is 4.25. The van der Waals surface area contributed by atoms with Gasteiger partial charge in [-0.25, -0.2) is 0 Å². The summed E-state index contributed by atoms with van der Waals surface area (Å²) in [5.74, 6) is -0.743. The number of oxime groups is 1. The molecule has 1 saturated heterocycles. The number of guanidine groups is 1. The summed E-state index contributed by atoms with van der Waals surface area (Å²) >= 11 is 0. The van der Waals surface area contributed by atoms with Crippen LogP contribution in [0.3, 0.4) is 0 Å². The number of unbranched alkanes of at least 4 members (excludes halogenated alkanes) is 5. The van der Waals surface area contributed by atoms with Crippen LogP contribution >= 0.6 is 0 Å². The summed E-state index contributed by atoms with van der Waals surface area (Å²) in [6.45, 7) is 2.50. The maximum Gasteiger partial charge on any atom is 0.419 e. The molecule has 1 aliphatic heterocycles. The Morgan fingerprint density at radius 1 is 1.26 bits per heavy atom. The zero-order valence-electron chi connectivity index (χ0n) is 19.7. The zero-order chi connectivity index (χ0) is 25.4. The van der Waals surface area contributed by atoms with E-state index in [4.69, 9.17) is 20.2 Å². The highest BCUT2D eigenvalue weighted by Gasteiger charge is 2.40. The van der Waals surface area contributed by atoms with Crippen LogP contribution in [-0.4, -0.2) is 51.1 Å². The average Bonchev–Trinajstić information content (AvgIpc) is 3.49. The molecule has 9 nitrogen and oxygen atoms in total. The Bertz CT molecular complexity index is 982. The van der Waals surface area contributed by atoms with Crippen LogP contribution in [0, 0.1) is 5.92 Å². The van der Waals surface area contributed by atoms with Crippen molar-refractivity contribution in [1.29, 1.82) is 0 Å². The monoisotopic (exact) mass is 499 g/mol. The molecule has 35 heavy (non-hydrogen) atoms. The SMILES string of the molecule is CCCCCCCCOc1ccc(-c2noc([C@@H]3[C@@H](CO)CCN3/C(N)=N\O)n2)cc1C(F)(F)F. The van der Waals surface area contributed by atoms with Crippen LogP contribution in [0.1, 0.15) is 69.4 Å². The zero-order valence-corrected chi connectivity index (χ0v) is 19.7. The number of nitrogens with zero attached hydrogens (tertiary/aromatic N) is 4. The van der Waals surface area contributed by atoms with Crippen LogP contribution in [0.25, 0.3) is 11.4 Å². The highest BCUT2D eigenvalue weighted by atomic mass is 19.4. The van der Waals surface area contributed by atoms with E-state index in [0.29, 0.717) is 19.4 Å². The minimum Gasteiger partial charge on any atom is -0.493 e. The van der Waals surface area contributed by atoms with Crippen LogP contribution in [0.4, 0.5) is 13.2 Å². The molecular formula is C23H32F3N5O4. The summed E-state index contributed by atoms with van der Waals surface area (Å²) in [5, 5.41) is 25.6. The third kappa shape index (κ3) is 6.56. The number of aromatic nitrogens is 2. The number of rotatable bonds is 11. The van der Waals surface area contributed by atoms with Gasteiger partial charge in [-0.1, -0.05) is 49.3 Å². The standard InChI is InChI=1S/C23H32F3N5O4/c1-2-3-4-5-6-7-12-34-18-9-8-15(13-17(18)23(24,25)26)20-28-21(35-30-20)19-16(14-32)10-11-31(19)22(27)29-33/h8-9,13,16,19,32-33H,2-7,10-12,14H2,1H3,(H2,27,29)/t16-,19+/m1/s1. The summed E-state index contributed by atoms with van der Waals surface area (Å²) in [6, 6.07) is 2.98. The van der Waals surface area contributed by atoms with Gasteiger partial charge in [0, 0.05) is 24.6 Å². The number of likely N-dealkylation sites (tertiary alicyclic amines) is 1. The molecule has 2 heterocycles. The highest BCUT2D eigenvalue weighted by Crippen LogP contribution is 2.40. The molecule has 12 heteroatoms. The number of hydrogen-bond donors (Lipinski definition) is 3. The molecule has 2 aromatic rings. The molecule has 0 radical (unpaired) electrons. The maximum atomic E-state index is 13.8. The van der Waals surface area contributed by atoms with E-state index in [1.54, 1.807) is 0 Å². The summed E-state index contributed by atoms with van der Waals surface area (Å²) < 4.78 is 52.0. The second kappa shape index (κ2) is 12.1. The first kappa shape index (κ1) is 26.6. The summed E-state index contributed by atoms with van der Waals surface area (Å²) in [7, 11) is 0. The van der Waals surface area contributed by atoms with E-state index < -0.39 is 17.8 Å². The smallest absolute Gasteiger partial charge is 0.419 e. The van der Waals surface area contributed by atoms with Crippen LogP contribution in [0.15, 0.2) is 27.9 Å². The van der Waals surface area contributed by atoms with E-state index in [0.717, 1.165) is 38.2 Å². The van der Waals surface area contributed by atoms with Crippen LogP contribution < -0.4 is 10.5 Å². The van der Waals surface area contributed by atoms with E-state index in [1.165, 1.54) is 17.0 Å². The lowest BCUT2D eigenvalue weighted by molar-refractivity contribution is -0.138. The first-order chi connectivity index (χ1) is 16.8. The Labute approximate surface area is 201 Å². The quantitative estimate of drug-likeness (QED) is 0.135. The van der Waals surface area contributed by atoms with Gasteiger partial charge in [-0.3, -0.25) is 0 Å².